The molecule has 1 aromatic heterocycles. The van der Waals surface area contributed by atoms with Gasteiger partial charge in [-0.25, -0.2) is 4.98 Å². The highest BCUT2D eigenvalue weighted by Crippen LogP contribution is 2.17. The predicted octanol–water partition coefficient (Wildman–Crippen LogP) is 0.0288. The summed E-state index contributed by atoms with van der Waals surface area (Å²) in [6.07, 6.45) is 2.07. The summed E-state index contributed by atoms with van der Waals surface area (Å²) in [6, 6.07) is 3.50. The lowest BCUT2D eigenvalue weighted by Crippen LogP contribution is -2.43. The number of nitrogens with zero attached hydrogens (tertiary/aromatic N) is 2. The fourth-order valence-electron chi connectivity index (χ4n) is 1.87. The number of carbonyl (C=O) groups is 1. The maximum atomic E-state index is 11.9. The molecule has 1 fully saturated rings. The number of carbonyl (C=O) groups excluding carboxylic acids is 1. The topological polar surface area (TPSA) is 74.7 Å². The molecule has 0 aliphatic carbocycles. The van der Waals surface area contributed by atoms with Gasteiger partial charge in [0, 0.05) is 39.9 Å². The van der Waals surface area contributed by atoms with Crippen LogP contribution < -0.4 is 10.2 Å². The molecule has 104 valence electrons. The Labute approximate surface area is 112 Å². The van der Waals surface area contributed by atoms with Crippen LogP contribution in [0.15, 0.2) is 18.3 Å². The summed E-state index contributed by atoms with van der Waals surface area (Å²) in [6.45, 7) is 0.998. The molecule has 1 saturated heterocycles. The van der Waals surface area contributed by atoms with Gasteiger partial charge in [-0.15, -0.1) is 0 Å². The molecule has 1 aliphatic rings. The number of hydrogen-bond acceptors (Lipinski definition) is 5. The van der Waals surface area contributed by atoms with Crippen molar-refractivity contribution < 1.29 is 14.6 Å². The normalized spacial score (nSPS) is 22.3. The molecule has 6 heteroatoms. The van der Waals surface area contributed by atoms with Crippen molar-refractivity contribution in [1.82, 2.24) is 10.3 Å². The Morgan fingerprint density at radius 2 is 2.37 bits per heavy atom. The average Bonchev–Trinajstić information content (AvgIpc) is 2.83. The minimum atomic E-state index is -0.938. The number of anilines is 1. The van der Waals surface area contributed by atoms with Crippen molar-refractivity contribution in [1.29, 1.82) is 0 Å². The van der Waals surface area contributed by atoms with Crippen molar-refractivity contribution in [3.63, 3.8) is 0 Å². The molecule has 1 amide bonds. The molecular formula is C13H19N3O3. The first kappa shape index (κ1) is 13.8. The maximum Gasteiger partial charge on any atom is 0.252 e. The van der Waals surface area contributed by atoms with Crippen LogP contribution in [-0.4, -0.2) is 55.5 Å². The number of amides is 1. The van der Waals surface area contributed by atoms with Crippen molar-refractivity contribution in [3.8, 4) is 0 Å². The van der Waals surface area contributed by atoms with Crippen LogP contribution in [0, 0.1) is 0 Å². The quantitative estimate of drug-likeness (QED) is 0.803. The third-order valence-electron chi connectivity index (χ3n) is 3.13. The van der Waals surface area contributed by atoms with E-state index in [4.69, 9.17) is 4.74 Å². The molecule has 1 aliphatic heterocycles. The highest BCUT2D eigenvalue weighted by Gasteiger charge is 2.32. The maximum absolute atomic E-state index is 11.9. The van der Waals surface area contributed by atoms with Gasteiger partial charge in [-0.2, -0.15) is 0 Å². The second kappa shape index (κ2) is 5.54. The van der Waals surface area contributed by atoms with Gasteiger partial charge in [0.2, 0.25) is 0 Å². The molecule has 1 unspecified atom stereocenters. The molecule has 6 nitrogen and oxygen atoms in total. The Morgan fingerprint density at radius 3 is 2.89 bits per heavy atom. The van der Waals surface area contributed by atoms with Gasteiger partial charge in [0.25, 0.3) is 5.91 Å². The summed E-state index contributed by atoms with van der Waals surface area (Å²) in [7, 11) is 3.77. The van der Waals surface area contributed by atoms with Gasteiger partial charge in [-0.3, -0.25) is 4.79 Å². The highest BCUT2D eigenvalue weighted by atomic mass is 16.5. The third kappa shape index (κ3) is 3.42. The summed E-state index contributed by atoms with van der Waals surface area (Å²) in [5.41, 5.74) is -0.458. The molecule has 0 saturated carbocycles. The molecule has 1 aromatic rings. The number of aliphatic hydroxyl groups is 1. The van der Waals surface area contributed by atoms with E-state index in [0.717, 1.165) is 5.82 Å². The summed E-state index contributed by atoms with van der Waals surface area (Å²) in [5, 5.41) is 12.7. The van der Waals surface area contributed by atoms with E-state index >= 15 is 0 Å². The second-order valence-corrected chi connectivity index (χ2v) is 5.01. The first-order valence-electron chi connectivity index (χ1n) is 6.22. The number of nitrogens with one attached hydrogen (secondary N) is 1. The molecule has 0 radical (unpaired) electrons. The summed E-state index contributed by atoms with van der Waals surface area (Å²) in [5.74, 6) is 0.553. The van der Waals surface area contributed by atoms with Crippen molar-refractivity contribution in [2.75, 3.05) is 38.8 Å². The van der Waals surface area contributed by atoms with Crippen molar-refractivity contribution in [2.45, 2.75) is 12.0 Å². The molecule has 2 rings (SSSR count). The van der Waals surface area contributed by atoms with Crippen LogP contribution in [0.3, 0.4) is 0 Å². The smallest absolute Gasteiger partial charge is 0.252 e. The zero-order valence-electron chi connectivity index (χ0n) is 11.2. The molecule has 1 atom stereocenters. The first-order valence-corrected chi connectivity index (χ1v) is 6.22. The van der Waals surface area contributed by atoms with E-state index in [2.05, 4.69) is 10.3 Å². The van der Waals surface area contributed by atoms with Gasteiger partial charge in [0.05, 0.1) is 12.2 Å². The van der Waals surface area contributed by atoms with E-state index in [1.807, 2.05) is 19.0 Å². The van der Waals surface area contributed by atoms with E-state index < -0.39 is 5.60 Å². The molecular weight excluding hydrogens is 246 g/mol. The van der Waals surface area contributed by atoms with Gasteiger partial charge in [-0.05, 0) is 12.1 Å². The number of pyridine rings is 1. The predicted molar refractivity (Wildman–Crippen MR) is 71.3 cm³/mol. The van der Waals surface area contributed by atoms with Crippen molar-refractivity contribution in [2.24, 2.45) is 0 Å². The van der Waals surface area contributed by atoms with E-state index in [-0.39, 0.29) is 19.1 Å². The SMILES string of the molecule is CN(C)c1ccc(C(=O)NCC2(O)CCOC2)cn1. The van der Waals surface area contributed by atoms with Gasteiger partial charge in [0.1, 0.15) is 11.4 Å². The molecule has 0 spiro atoms. The molecule has 0 bridgehead atoms. The Hall–Kier alpha value is -1.66. The summed E-state index contributed by atoms with van der Waals surface area (Å²) < 4.78 is 5.12. The minimum absolute atomic E-state index is 0.196. The molecule has 0 aromatic carbocycles. The fourth-order valence-corrected chi connectivity index (χ4v) is 1.87. The molecule has 2 N–H and O–H groups in total. The van der Waals surface area contributed by atoms with Crippen LogP contribution in [0.25, 0.3) is 0 Å². The van der Waals surface area contributed by atoms with Crippen LogP contribution in [-0.2, 0) is 4.74 Å². The zero-order valence-corrected chi connectivity index (χ0v) is 11.2. The van der Waals surface area contributed by atoms with E-state index in [0.29, 0.717) is 18.6 Å². The van der Waals surface area contributed by atoms with Crippen LogP contribution in [0.5, 0.6) is 0 Å². The third-order valence-corrected chi connectivity index (χ3v) is 3.13. The highest BCUT2D eigenvalue weighted by molar-refractivity contribution is 5.94. The fraction of sp³-hybridized carbons (Fsp3) is 0.538. The van der Waals surface area contributed by atoms with Gasteiger partial charge in [-0.1, -0.05) is 0 Å². The molecule has 2 heterocycles. The lowest BCUT2D eigenvalue weighted by Gasteiger charge is -2.20. The standard InChI is InChI=1S/C13H19N3O3/c1-16(2)11-4-3-10(7-14-11)12(17)15-8-13(18)5-6-19-9-13/h3-4,7,18H,5-6,8-9H2,1-2H3,(H,15,17). The largest absolute Gasteiger partial charge is 0.386 e. The number of ether oxygens (including phenoxy) is 1. The monoisotopic (exact) mass is 265 g/mol. The van der Waals surface area contributed by atoms with Crippen molar-refractivity contribution >= 4 is 11.7 Å². The first-order chi connectivity index (χ1) is 9.00. The second-order valence-electron chi connectivity index (χ2n) is 5.01. The molecule has 19 heavy (non-hydrogen) atoms. The van der Waals surface area contributed by atoms with E-state index in [1.165, 1.54) is 6.20 Å². The number of aromatic nitrogens is 1. The summed E-state index contributed by atoms with van der Waals surface area (Å²) >= 11 is 0. The Morgan fingerprint density at radius 1 is 1.58 bits per heavy atom. The summed E-state index contributed by atoms with van der Waals surface area (Å²) in [4.78, 5) is 17.9. The van der Waals surface area contributed by atoms with E-state index in [9.17, 15) is 9.90 Å². The zero-order chi connectivity index (χ0) is 13.9. The average molecular weight is 265 g/mol. The number of hydrogen-bond donors (Lipinski definition) is 2. The Balaban J connectivity index is 1.92. The minimum Gasteiger partial charge on any atom is -0.386 e. The Bertz CT molecular complexity index is 439. The van der Waals surface area contributed by atoms with Gasteiger partial charge >= 0.3 is 0 Å². The van der Waals surface area contributed by atoms with Crippen LogP contribution in [0.4, 0.5) is 5.82 Å². The van der Waals surface area contributed by atoms with Gasteiger partial charge in [0.15, 0.2) is 0 Å². The van der Waals surface area contributed by atoms with E-state index in [1.54, 1.807) is 12.1 Å². The lowest BCUT2D eigenvalue weighted by atomic mass is 10.0. The Kier molecular flexibility index (Phi) is 4.01. The number of rotatable bonds is 4. The van der Waals surface area contributed by atoms with Crippen LogP contribution in [0.1, 0.15) is 16.8 Å². The van der Waals surface area contributed by atoms with Crippen molar-refractivity contribution in [3.05, 3.63) is 23.9 Å². The van der Waals surface area contributed by atoms with Crippen LogP contribution in [0.2, 0.25) is 0 Å². The van der Waals surface area contributed by atoms with Gasteiger partial charge < -0.3 is 20.1 Å². The van der Waals surface area contributed by atoms with Crippen LogP contribution >= 0.6 is 0 Å². The lowest BCUT2D eigenvalue weighted by molar-refractivity contribution is 0.0264.